The Bertz CT molecular complexity index is 2140. The number of methoxy groups -OCH3 is 1. The second kappa shape index (κ2) is 19.6. The first-order valence-corrected chi connectivity index (χ1v) is 22.1. The highest BCUT2D eigenvalue weighted by molar-refractivity contribution is 6.22. The number of rotatable bonds is 6. The maximum Gasteiger partial charge on any atom is 0.312 e. The van der Waals surface area contributed by atoms with Crippen LogP contribution in [0, 0.1) is 30.6 Å². The van der Waals surface area contributed by atoms with Crippen molar-refractivity contribution < 1.29 is 58.9 Å². The number of hydrazine groups is 1. The first-order chi connectivity index (χ1) is 29.8. The van der Waals surface area contributed by atoms with E-state index in [1.165, 1.54) is 72.0 Å². The number of fused-ring (bicyclic) bond motifs is 14. The lowest BCUT2D eigenvalue weighted by molar-refractivity contribution is -0.160. The molecule has 1 aliphatic carbocycles. The van der Waals surface area contributed by atoms with Gasteiger partial charge in [0.1, 0.15) is 23.4 Å². The van der Waals surface area contributed by atoms with Crippen LogP contribution < -0.4 is 15.5 Å². The molecule has 346 valence electrons. The van der Waals surface area contributed by atoms with Gasteiger partial charge in [0.05, 0.1) is 41.2 Å². The van der Waals surface area contributed by atoms with Crippen LogP contribution in [0.4, 0.5) is 5.69 Å². The van der Waals surface area contributed by atoms with Crippen molar-refractivity contribution in [2.45, 2.75) is 124 Å². The number of nitrogens with zero attached hydrogens (tertiary/aromatic N) is 2. The highest BCUT2D eigenvalue weighted by Gasteiger charge is 2.50. The second-order valence-corrected chi connectivity index (χ2v) is 18.0. The Hall–Kier alpha value is -4.71. The van der Waals surface area contributed by atoms with E-state index in [1.54, 1.807) is 46.8 Å². The molecule has 1 amide bonds. The van der Waals surface area contributed by atoms with Gasteiger partial charge >= 0.3 is 11.8 Å². The molecular formula is C47H66N4O12. The lowest BCUT2D eigenvalue weighted by atomic mass is 9.78. The van der Waals surface area contributed by atoms with E-state index >= 15 is 0 Å². The minimum absolute atomic E-state index is 0.0645. The van der Waals surface area contributed by atoms with Gasteiger partial charge in [-0.15, -0.1) is 0 Å². The summed E-state index contributed by atoms with van der Waals surface area (Å²) in [5.41, 5.74) is 3.41. The van der Waals surface area contributed by atoms with Crippen LogP contribution in [0.5, 0.6) is 23.0 Å². The molecule has 16 nitrogen and oxygen atoms in total. The summed E-state index contributed by atoms with van der Waals surface area (Å²) in [7, 11) is 1.45. The molecule has 16 heteroatoms. The van der Waals surface area contributed by atoms with Gasteiger partial charge < -0.3 is 49.8 Å². The van der Waals surface area contributed by atoms with Gasteiger partial charge in [-0.05, 0) is 32.8 Å². The van der Waals surface area contributed by atoms with Crippen molar-refractivity contribution in [3.63, 3.8) is 0 Å². The molecule has 4 aliphatic heterocycles. The molecule has 5 bridgehead atoms. The van der Waals surface area contributed by atoms with E-state index in [0.717, 1.165) is 13.1 Å². The summed E-state index contributed by atoms with van der Waals surface area (Å²) in [6.45, 7) is 15.7. The number of carbonyl (C=O) groups excluding carboxylic acids is 3. The van der Waals surface area contributed by atoms with Crippen LogP contribution in [0.3, 0.4) is 0 Å². The van der Waals surface area contributed by atoms with Gasteiger partial charge in [0.15, 0.2) is 5.75 Å². The van der Waals surface area contributed by atoms with Gasteiger partial charge in [0, 0.05) is 105 Å². The molecule has 0 aromatic heterocycles. The van der Waals surface area contributed by atoms with Crippen molar-refractivity contribution in [2.75, 3.05) is 38.6 Å². The van der Waals surface area contributed by atoms with Crippen LogP contribution in [0.1, 0.15) is 95.6 Å². The van der Waals surface area contributed by atoms with Gasteiger partial charge in [0.2, 0.25) is 0 Å². The molecule has 0 spiro atoms. The molecule has 1 saturated heterocycles. The monoisotopic (exact) mass is 878 g/mol. The summed E-state index contributed by atoms with van der Waals surface area (Å²) in [4.78, 5) is 43.3. The fourth-order valence-corrected chi connectivity index (χ4v) is 9.66. The smallest absolute Gasteiger partial charge is 0.312 e. The Balaban J connectivity index is 1.44. The van der Waals surface area contributed by atoms with Crippen molar-refractivity contribution in [3.8, 4) is 23.0 Å². The molecule has 0 radical (unpaired) electrons. The van der Waals surface area contributed by atoms with Gasteiger partial charge in [-0.1, -0.05) is 58.8 Å². The van der Waals surface area contributed by atoms with Crippen molar-refractivity contribution in [2.24, 2.45) is 23.7 Å². The molecule has 4 heterocycles. The molecule has 2 aromatic rings. The van der Waals surface area contributed by atoms with Crippen molar-refractivity contribution >= 4 is 34.1 Å². The number of carbonyl (C=O) groups is 3. The van der Waals surface area contributed by atoms with Gasteiger partial charge in [-0.3, -0.25) is 24.7 Å². The van der Waals surface area contributed by atoms with Crippen LogP contribution in [0.2, 0.25) is 0 Å². The van der Waals surface area contributed by atoms with Crippen LogP contribution >= 0.6 is 0 Å². The minimum atomic E-state index is -2.03. The largest absolute Gasteiger partial charge is 0.507 e. The van der Waals surface area contributed by atoms with E-state index in [9.17, 15) is 39.9 Å². The fourth-order valence-electron chi connectivity index (χ4n) is 9.66. The van der Waals surface area contributed by atoms with Crippen LogP contribution in [-0.4, -0.2) is 123 Å². The zero-order chi connectivity index (χ0) is 46.1. The summed E-state index contributed by atoms with van der Waals surface area (Å²) < 4.78 is 23.8. The number of ketones is 1. The third-order valence-corrected chi connectivity index (χ3v) is 13.7. The standard InChI is InChI=1S/C47H66N4O12/c1-24-13-12-14-25(2)46(59)49-37-32(23-48-51-20-18-50(19-21-51)31-15-10-11-16-31)41(56)34-35(42(37)57)40(55)29(6)44-36(34)45(58)47(8,63-44)61-22-17-33(60-9)26(3)43(62-30(7)52)28(5)39(54)27(4)38(24)53/h12-14,17,22,24,26-28,31,33,38-39,43,48,53-57H,10-11,15-16,18-21,23H2,1-9H3,(H,49,59)/b13-12+,22-17+,25-14-/t24-,26+,27+,28+,33-,38-,39+,43+,47-/m0/s1. The van der Waals surface area contributed by atoms with Crippen LogP contribution in [0.25, 0.3) is 10.8 Å². The Morgan fingerprint density at radius 2 is 1.59 bits per heavy atom. The van der Waals surface area contributed by atoms with Crippen molar-refractivity contribution in [3.05, 3.63) is 52.8 Å². The second-order valence-electron chi connectivity index (χ2n) is 18.0. The number of phenols is 3. The molecule has 63 heavy (non-hydrogen) atoms. The average Bonchev–Trinajstić information content (AvgIpc) is 3.89. The number of ether oxygens (including phenoxy) is 4. The number of hydrogen-bond acceptors (Lipinski definition) is 15. The summed E-state index contributed by atoms with van der Waals surface area (Å²) in [5.74, 6) is -7.99. The zero-order valence-corrected chi connectivity index (χ0v) is 37.9. The summed E-state index contributed by atoms with van der Waals surface area (Å²) in [5, 5.41) is 63.3. The molecule has 0 unspecified atom stereocenters. The van der Waals surface area contributed by atoms with Crippen molar-refractivity contribution in [1.29, 1.82) is 0 Å². The number of hydrogen-bond donors (Lipinski definition) is 7. The predicted molar refractivity (Wildman–Crippen MR) is 236 cm³/mol. The third kappa shape index (κ3) is 9.57. The number of anilines is 1. The summed E-state index contributed by atoms with van der Waals surface area (Å²) in [6.07, 6.45) is 8.58. The summed E-state index contributed by atoms with van der Waals surface area (Å²) in [6, 6.07) is 0.578. The number of Topliss-reactive ketones (excluding diaryl/α,β-unsaturated/α-hetero) is 1. The topological polar surface area (TPSA) is 220 Å². The van der Waals surface area contributed by atoms with Gasteiger partial charge in [-0.25, -0.2) is 5.01 Å². The predicted octanol–water partition coefficient (Wildman–Crippen LogP) is 5.32. The number of esters is 1. The number of piperazine rings is 1. The van der Waals surface area contributed by atoms with E-state index in [2.05, 4.69) is 15.6 Å². The Morgan fingerprint density at radius 3 is 2.22 bits per heavy atom. The SMILES string of the molecule is CO[C@H]1/C=C/O[C@@]2(C)Oc3c(C)c(O)c4c(O)c(c(CNN5CCN(C6CCCC6)CC5)c(O)c4c3C2=O)NC(=O)/C(C)=C\C=C\[C@H](C)[C@H](O)[C@@H](C)[C@@H](O)[C@@H](C)[C@H](OC(C)=O)[C@@H]1C. The maximum absolute atomic E-state index is 14.6. The van der Waals surface area contributed by atoms with E-state index < -0.39 is 88.8 Å². The van der Waals surface area contributed by atoms with Crippen LogP contribution in [-0.2, 0) is 30.3 Å². The fraction of sp³-hybridized carbons (Fsp3) is 0.596. The Labute approximate surface area is 369 Å². The molecule has 9 atom stereocenters. The van der Waals surface area contributed by atoms with Crippen LogP contribution in [0.15, 0.2) is 36.1 Å². The molecule has 7 rings (SSSR count). The lowest BCUT2D eigenvalue weighted by Gasteiger charge is -2.38. The molecule has 7 N–H and O–H groups in total. The number of benzene rings is 2. The highest BCUT2D eigenvalue weighted by Crippen LogP contribution is 2.55. The number of aliphatic hydroxyl groups is 2. The number of nitrogens with one attached hydrogen (secondary N) is 2. The van der Waals surface area contributed by atoms with E-state index in [0.29, 0.717) is 19.1 Å². The third-order valence-electron chi connectivity index (χ3n) is 13.7. The normalized spacial score (nSPS) is 32.5. The van der Waals surface area contributed by atoms with E-state index in [-0.39, 0.29) is 51.0 Å². The number of allylic oxidation sites excluding steroid dienone is 2. The summed E-state index contributed by atoms with van der Waals surface area (Å²) >= 11 is 0. The number of amides is 1. The zero-order valence-electron chi connectivity index (χ0n) is 37.9. The average molecular weight is 879 g/mol. The lowest BCUT2D eigenvalue weighted by Crippen LogP contribution is -2.53. The molecule has 5 aliphatic rings. The Kier molecular flexibility index (Phi) is 14.8. The number of aromatic hydroxyl groups is 3. The number of aliphatic hydroxyl groups excluding tert-OH is 2. The van der Waals surface area contributed by atoms with Gasteiger partial charge in [0.25, 0.3) is 11.7 Å². The molecule has 2 aromatic carbocycles. The van der Waals surface area contributed by atoms with Crippen molar-refractivity contribution in [1.82, 2.24) is 15.3 Å². The van der Waals surface area contributed by atoms with E-state index in [1.807, 2.05) is 5.01 Å². The first-order valence-electron chi connectivity index (χ1n) is 22.1. The quantitative estimate of drug-likeness (QED) is 0.111. The molecule has 2 fully saturated rings. The number of phenolic OH excluding ortho intramolecular Hbond substituents is 3. The van der Waals surface area contributed by atoms with E-state index in [4.69, 9.17) is 18.9 Å². The molecular weight excluding hydrogens is 813 g/mol. The first kappa shape index (κ1) is 47.8. The minimum Gasteiger partial charge on any atom is -0.507 e. The Morgan fingerprint density at radius 1 is 0.921 bits per heavy atom. The maximum atomic E-state index is 14.6. The highest BCUT2D eigenvalue weighted by atomic mass is 16.7. The molecule has 1 saturated carbocycles. The van der Waals surface area contributed by atoms with Gasteiger partial charge in [-0.2, -0.15) is 0 Å².